The van der Waals surface area contributed by atoms with Crippen LogP contribution in [0.3, 0.4) is 0 Å². The molecule has 0 saturated heterocycles. The van der Waals surface area contributed by atoms with E-state index in [9.17, 15) is 24.3 Å². The van der Waals surface area contributed by atoms with Crippen LogP contribution in [0.25, 0.3) is 0 Å². The number of hydrogen-bond acceptors (Lipinski definition) is 7. The number of unbranched alkanes of at least 4 members (excludes halogenated alkanes) is 1. The molecule has 4 unspecified atom stereocenters. The summed E-state index contributed by atoms with van der Waals surface area (Å²) in [7, 11) is 0. The molecule has 0 aliphatic carbocycles. The van der Waals surface area contributed by atoms with Gasteiger partial charge in [0, 0.05) is 18.3 Å². The van der Waals surface area contributed by atoms with Crippen molar-refractivity contribution in [2.24, 2.45) is 23.3 Å². The first kappa shape index (κ1) is 30.0. The molecule has 1 aromatic heterocycles. The lowest BCUT2D eigenvalue weighted by Gasteiger charge is -2.26. The van der Waals surface area contributed by atoms with Gasteiger partial charge in [-0.15, -0.1) is 0 Å². The Labute approximate surface area is 206 Å². The number of aromatic nitrogens is 2. The summed E-state index contributed by atoms with van der Waals surface area (Å²) in [6, 6.07) is -3.91. The molecule has 1 aromatic rings. The SMILES string of the molecule is CC(C)CC(NC(=O)C(Cc1cnc[nH]1)NC(=O)C(N)C(C)C)C(=O)NC(CCCCN)C(=O)O. The molecule has 0 aliphatic heterocycles. The first-order chi connectivity index (χ1) is 16.5. The van der Waals surface area contributed by atoms with Crippen LogP contribution in [0.1, 0.15) is 59.1 Å². The number of aliphatic carboxylic acids is 1. The van der Waals surface area contributed by atoms with Gasteiger partial charge in [0.2, 0.25) is 17.7 Å². The molecule has 3 amide bonds. The van der Waals surface area contributed by atoms with Crippen LogP contribution in [0.15, 0.2) is 12.5 Å². The highest BCUT2D eigenvalue weighted by atomic mass is 16.4. The zero-order valence-corrected chi connectivity index (χ0v) is 21.0. The van der Waals surface area contributed by atoms with Crippen molar-refractivity contribution in [2.75, 3.05) is 6.54 Å². The molecule has 0 spiro atoms. The van der Waals surface area contributed by atoms with Gasteiger partial charge in [-0.25, -0.2) is 9.78 Å². The zero-order chi connectivity index (χ0) is 26.5. The fraction of sp³-hybridized carbons (Fsp3) is 0.696. The summed E-state index contributed by atoms with van der Waals surface area (Å²) < 4.78 is 0. The number of carboxylic acids is 1. The van der Waals surface area contributed by atoms with Crippen molar-refractivity contribution in [2.45, 2.75) is 84.0 Å². The second-order valence-corrected chi connectivity index (χ2v) is 9.49. The third kappa shape index (κ3) is 10.9. The molecule has 0 aliphatic rings. The van der Waals surface area contributed by atoms with Gasteiger partial charge in [-0.2, -0.15) is 0 Å². The maximum absolute atomic E-state index is 13.2. The second kappa shape index (κ2) is 15.1. The Morgan fingerprint density at radius 3 is 2.09 bits per heavy atom. The lowest BCUT2D eigenvalue weighted by atomic mass is 10.0. The molecule has 4 atom stereocenters. The van der Waals surface area contributed by atoms with Crippen molar-refractivity contribution in [3.63, 3.8) is 0 Å². The first-order valence-electron chi connectivity index (χ1n) is 12.0. The number of aromatic amines is 1. The molecule has 1 rings (SSSR count). The molecular formula is C23H41N7O5. The van der Waals surface area contributed by atoms with Crippen molar-refractivity contribution >= 4 is 23.7 Å². The van der Waals surface area contributed by atoms with Crippen LogP contribution in [0.5, 0.6) is 0 Å². The number of H-pyrrole nitrogens is 1. The normalized spacial score (nSPS) is 14.7. The minimum atomic E-state index is -1.16. The van der Waals surface area contributed by atoms with Crippen LogP contribution in [-0.4, -0.2) is 69.5 Å². The monoisotopic (exact) mass is 495 g/mol. The molecule has 35 heavy (non-hydrogen) atoms. The predicted molar refractivity (Wildman–Crippen MR) is 131 cm³/mol. The number of nitrogens with zero attached hydrogens (tertiary/aromatic N) is 1. The molecule has 0 saturated carbocycles. The van der Waals surface area contributed by atoms with E-state index in [1.807, 2.05) is 13.8 Å². The summed E-state index contributed by atoms with van der Waals surface area (Å²) in [6.45, 7) is 7.78. The summed E-state index contributed by atoms with van der Waals surface area (Å²) in [5.41, 5.74) is 12.0. The number of rotatable bonds is 16. The summed E-state index contributed by atoms with van der Waals surface area (Å²) in [6.07, 6.45) is 4.79. The van der Waals surface area contributed by atoms with Gasteiger partial charge in [0.05, 0.1) is 12.4 Å². The number of nitrogens with two attached hydrogens (primary N) is 2. The Morgan fingerprint density at radius 1 is 0.971 bits per heavy atom. The molecule has 0 fully saturated rings. The molecule has 198 valence electrons. The summed E-state index contributed by atoms with van der Waals surface area (Å²) >= 11 is 0. The molecular weight excluding hydrogens is 454 g/mol. The minimum absolute atomic E-state index is 0.0292. The summed E-state index contributed by atoms with van der Waals surface area (Å²) in [5, 5.41) is 17.4. The molecule has 9 N–H and O–H groups in total. The van der Waals surface area contributed by atoms with Gasteiger partial charge in [0.1, 0.15) is 18.1 Å². The van der Waals surface area contributed by atoms with Gasteiger partial charge < -0.3 is 37.5 Å². The van der Waals surface area contributed by atoms with Gasteiger partial charge in [-0.05, 0) is 44.1 Å². The summed E-state index contributed by atoms with van der Waals surface area (Å²) in [5.74, 6) is -2.94. The number of amides is 3. The maximum atomic E-state index is 13.2. The molecule has 12 nitrogen and oxygen atoms in total. The van der Waals surface area contributed by atoms with Crippen molar-refractivity contribution in [3.05, 3.63) is 18.2 Å². The number of carbonyl (C=O) groups is 4. The molecule has 1 heterocycles. The van der Waals surface area contributed by atoms with Crippen LogP contribution in [-0.2, 0) is 25.6 Å². The van der Waals surface area contributed by atoms with E-state index < -0.39 is 47.9 Å². The van der Waals surface area contributed by atoms with Gasteiger partial charge in [-0.1, -0.05) is 27.7 Å². The third-order valence-corrected chi connectivity index (χ3v) is 5.53. The third-order valence-electron chi connectivity index (χ3n) is 5.53. The smallest absolute Gasteiger partial charge is 0.326 e. The van der Waals surface area contributed by atoms with Gasteiger partial charge in [0.15, 0.2) is 0 Å². The van der Waals surface area contributed by atoms with Crippen molar-refractivity contribution in [3.8, 4) is 0 Å². The van der Waals surface area contributed by atoms with Crippen molar-refractivity contribution in [1.29, 1.82) is 0 Å². The minimum Gasteiger partial charge on any atom is -0.480 e. The second-order valence-electron chi connectivity index (χ2n) is 9.49. The van der Waals surface area contributed by atoms with Crippen LogP contribution < -0.4 is 27.4 Å². The Hall–Kier alpha value is -2.99. The van der Waals surface area contributed by atoms with E-state index in [-0.39, 0.29) is 31.1 Å². The lowest BCUT2D eigenvalue weighted by Crippen LogP contribution is -2.58. The quantitative estimate of drug-likeness (QED) is 0.150. The highest BCUT2D eigenvalue weighted by molar-refractivity contribution is 5.94. The highest BCUT2D eigenvalue weighted by Gasteiger charge is 2.31. The van der Waals surface area contributed by atoms with E-state index in [0.29, 0.717) is 25.1 Å². The van der Waals surface area contributed by atoms with Gasteiger partial charge in [0.25, 0.3) is 0 Å². The van der Waals surface area contributed by atoms with E-state index in [4.69, 9.17) is 11.5 Å². The first-order valence-corrected chi connectivity index (χ1v) is 12.0. The molecule has 0 radical (unpaired) electrons. The van der Waals surface area contributed by atoms with Gasteiger partial charge in [-0.3, -0.25) is 14.4 Å². The number of carbonyl (C=O) groups excluding carboxylic acids is 3. The number of nitrogens with one attached hydrogen (secondary N) is 4. The molecule has 12 heteroatoms. The largest absolute Gasteiger partial charge is 0.480 e. The fourth-order valence-electron chi connectivity index (χ4n) is 3.39. The highest BCUT2D eigenvalue weighted by Crippen LogP contribution is 2.09. The van der Waals surface area contributed by atoms with E-state index in [0.717, 1.165) is 0 Å². The Morgan fingerprint density at radius 2 is 1.57 bits per heavy atom. The lowest BCUT2D eigenvalue weighted by molar-refractivity contribution is -0.142. The Bertz CT molecular complexity index is 813. The van der Waals surface area contributed by atoms with E-state index >= 15 is 0 Å². The number of imidazole rings is 1. The van der Waals surface area contributed by atoms with Crippen molar-refractivity contribution in [1.82, 2.24) is 25.9 Å². The fourth-order valence-corrected chi connectivity index (χ4v) is 3.39. The van der Waals surface area contributed by atoms with E-state index in [1.165, 1.54) is 12.5 Å². The van der Waals surface area contributed by atoms with Gasteiger partial charge >= 0.3 is 5.97 Å². The number of carboxylic acid groups (broad SMARTS) is 1. The Kier molecular flexibility index (Phi) is 13.0. The topological polar surface area (TPSA) is 205 Å². The van der Waals surface area contributed by atoms with Crippen molar-refractivity contribution < 1.29 is 24.3 Å². The maximum Gasteiger partial charge on any atom is 0.326 e. The van der Waals surface area contributed by atoms with Crippen LogP contribution in [0.4, 0.5) is 0 Å². The van der Waals surface area contributed by atoms with Crippen LogP contribution in [0.2, 0.25) is 0 Å². The van der Waals surface area contributed by atoms with Crippen LogP contribution >= 0.6 is 0 Å². The molecule has 0 aromatic carbocycles. The zero-order valence-electron chi connectivity index (χ0n) is 21.0. The molecule has 0 bridgehead atoms. The summed E-state index contributed by atoms with van der Waals surface area (Å²) in [4.78, 5) is 57.2. The average Bonchev–Trinajstić information content (AvgIpc) is 3.29. The van der Waals surface area contributed by atoms with E-state index in [2.05, 4.69) is 25.9 Å². The predicted octanol–water partition coefficient (Wildman–Crippen LogP) is -0.350. The Balaban J connectivity index is 3.02. The standard InChI is InChI=1S/C23H41N7O5/c1-13(2)9-17(20(31)28-16(23(34)35)7-5-6-8-24)29-21(32)18(10-15-11-26-12-27-15)30-22(33)19(25)14(3)4/h11-14,16-19H,5-10,24-25H2,1-4H3,(H,26,27)(H,28,31)(H,29,32)(H,30,33)(H,34,35). The average molecular weight is 496 g/mol. The number of hydrogen-bond donors (Lipinski definition) is 7. The van der Waals surface area contributed by atoms with E-state index in [1.54, 1.807) is 13.8 Å². The van der Waals surface area contributed by atoms with Crippen LogP contribution in [0, 0.1) is 11.8 Å².